The summed E-state index contributed by atoms with van der Waals surface area (Å²) in [5, 5.41) is 12.7. The fraction of sp³-hybridized carbons (Fsp3) is 0.174. The third kappa shape index (κ3) is 6.01. The molecular formula is C23H19ClF3N5O4S. The average Bonchev–Trinajstić information content (AvgIpc) is 3.60. The van der Waals surface area contributed by atoms with Gasteiger partial charge in [-0.1, -0.05) is 35.9 Å². The number of aromatic nitrogens is 1. The molecule has 0 bridgehead atoms. The van der Waals surface area contributed by atoms with E-state index in [0.717, 1.165) is 12.1 Å². The topological polar surface area (TPSA) is 143 Å². The fourth-order valence-electron chi connectivity index (χ4n) is 3.60. The highest BCUT2D eigenvalue weighted by atomic mass is 35.5. The van der Waals surface area contributed by atoms with Gasteiger partial charge in [0, 0.05) is 11.8 Å². The van der Waals surface area contributed by atoms with Crippen LogP contribution in [0.5, 0.6) is 0 Å². The number of sulfonamides is 1. The Labute approximate surface area is 214 Å². The lowest BCUT2D eigenvalue weighted by Crippen LogP contribution is -2.48. The number of halogens is 4. The van der Waals surface area contributed by atoms with Gasteiger partial charge in [-0.3, -0.25) is 10.1 Å². The van der Waals surface area contributed by atoms with E-state index in [1.807, 2.05) is 0 Å². The summed E-state index contributed by atoms with van der Waals surface area (Å²) in [5.41, 5.74) is -3.25. The molecule has 0 aliphatic heterocycles. The molecule has 1 aliphatic carbocycles. The number of carbonyl (C=O) groups is 2. The number of benzene rings is 2. The Bertz CT molecular complexity index is 1480. The number of anilines is 2. The van der Waals surface area contributed by atoms with Gasteiger partial charge in [-0.05, 0) is 48.7 Å². The van der Waals surface area contributed by atoms with E-state index in [2.05, 4.69) is 20.9 Å². The van der Waals surface area contributed by atoms with Crippen LogP contribution in [0, 0.1) is 0 Å². The minimum atomic E-state index is -4.89. The van der Waals surface area contributed by atoms with Crippen molar-refractivity contribution in [3.63, 3.8) is 0 Å². The van der Waals surface area contributed by atoms with Gasteiger partial charge >= 0.3 is 12.2 Å². The minimum absolute atomic E-state index is 0.0267. The Kier molecular flexibility index (Phi) is 6.88. The zero-order valence-electron chi connectivity index (χ0n) is 18.8. The molecule has 4 rings (SSSR count). The molecule has 14 heteroatoms. The number of carbonyl (C=O) groups excluding carboxylic acids is 2. The van der Waals surface area contributed by atoms with E-state index in [0.29, 0.717) is 5.02 Å². The lowest BCUT2D eigenvalue weighted by molar-refractivity contribution is -0.137. The predicted octanol–water partition coefficient (Wildman–Crippen LogP) is 4.36. The average molecular weight is 554 g/mol. The van der Waals surface area contributed by atoms with Gasteiger partial charge in [0.05, 0.1) is 21.2 Å². The van der Waals surface area contributed by atoms with Gasteiger partial charge in [-0.2, -0.15) is 13.2 Å². The minimum Gasteiger partial charge on any atom is -0.323 e. The van der Waals surface area contributed by atoms with Crippen LogP contribution in [0.25, 0.3) is 11.1 Å². The summed E-state index contributed by atoms with van der Waals surface area (Å²) in [6, 6.07) is 10.5. The molecule has 1 aromatic heterocycles. The Morgan fingerprint density at radius 1 is 1.03 bits per heavy atom. The van der Waals surface area contributed by atoms with Crippen molar-refractivity contribution in [3.8, 4) is 11.1 Å². The maximum Gasteiger partial charge on any atom is 0.418 e. The molecule has 3 aromatic rings. The molecule has 1 heterocycles. The summed E-state index contributed by atoms with van der Waals surface area (Å²) in [6.45, 7) is 0. The Morgan fingerprint density at radius 2 is 1.73 bits per heavy atom. The molecule has 3 amide bonds. The van der Waals surface area contributed by atoms with Crippen LogP contribution >= 0.6 is 11.6 Å². The van der Waals surface area contributed by atoms with E-state index >= 15 is 0 Å². The summed E-state index contributed by atoms with van der Waals surface area (Å²) in [5.74, 6) is -0.678. The monoisotopic (exact) mass is 553 g/mol. The maximum absolute atomic E-state index is 13.9. The van der Waals surface area contributed by atoms with Gasteiger partial charge in [0.1, 0.15) is 11.4 Å². The number of alkyl halides is 3. The number of hydrogen-bond acceptors (Lipinski definition) is 5. The summed E-state index contributed by atoms with van der Waals surface area (Å²) in [7, 11) is -4.21. The smallest absolute Gasteiger partial charge is 0.323 e. The number of amides is 3. The van der Waals surface area contributed by atoms with Crippen LogP contribution in [-0.4, -0.2) is 30.9 Å². The van der Waals surface area contributed by atoms with Crippen LogP contribution in [0.3, 0.4) is 0 Å². The molecule has 194 valence electrons. The van der Waals surface area contributed by atoms with Crippen LogP contribution < -0.4 is 21.1 Å². The van der Waals surface area contributed by atoms with E-state index in [4.69, 9.17) is 16.7 Å². The molecule has 1 fully saturated rings. The Hall–Kier alpha value is -3.68. The molecule has 5 N–H and O–H groups in total. The number of urea groups is 1. The third-order valence-corrected chi connectivity index (χ3v) is 6.78. The van der Waals surface area contributed by atoms with Crippen LogP contribution in [-0.2, 0) is 21.0 Å². The summed E-state index contributed by atoms with van der Waals surface area (Å²) >= 11 is 5.74. The number of nitrogens with two attached hydrogens (primary N) is 1. The molecule has 0 saturated heterocycles. The highest BCUT2D eigenvalue weighted by Crippen LogP contribution is 2.41. The molecule has 37 heavy (non-hydrogen) atoms. The highest BCUT2D eigenvalue weighted by Gasteiger charge is 2.52. The normalized spacial score (nSPS) is 14.5. The molecule has 0 radical (unpaired) electrons. The number of nitrogens with zero attached hydrogens (tertiary/aromatic N) is 1. The van der Waals surface area contributed by atoms with Crippen molar-refractivity contribution in [1.29, 1.82) is 0 Å². The van der Waals surface area contributed by atoms with Crippen molar-refractivity contribution in [1.82, 2.24) is 10.3 Å². The number of hydrogen-bond donors (Lipinski definition) is 4. The van der Waals surface area contributed by atoms with Gasteiger partial charge in [-0.15, -0.1) is 0 Å². The van der Waals surface area contributed by atoms with Crippen molar-refractivity contribution < 1.29 is 31.2 Å². The molecule has 0 atom stereocenters. The second-order valence-electron chi connectivity index (χ2n) is 8.28. The summed E-state index contributed by atoms with van der Waals surface area (Å²) < 4.78 is 65.6. The first-order valence-electron chi connectivity index (χ1n) is 10.6. The van der Waals surface area contributed by atoms with Gasteiger partial charge < -0.3 is 10.6 Å². The van der Waals surface area contributed by atoms with Gasteiger partial charge in [-0.25, -0.2) is 23.3 Å². The van der Waals surface area contributed by atoms with E-state index in [1.54, 1.807) is 0 Å². The Morgan fingerprint density at radius 3 is 2.32 bits per heavy atom. The second-order valence-corrected chi connectivity index (χ2v) is 10.2. The van der Waals surface area contributed by atoms with Crippen molar-refractivity contribution in [2.24, 2.45) is 5.14 Å². The van der Waals surface area contributed by atoms with Crippen molar-refractivity contribution in [2.75, 3.05) is 10.6 Å². The largest absolute Gasteiger partial charge is 0.418 e. The standard InChI is InChI=1S/C23H19ClF3N5O4S/c24-14-6-8-19(29-12-14)31-21(34)32-22(9-10-22)20(33)30-17-7-5-13(11-16(17)23(25,26)27)15-3-1-2-4-18(15)37(28,35)36/h1-8,11-12H,9-10H2,(H,30,33)(H2,28,35,36)(H2,29,31,32,34). The first-order chi connectivity index (χ1) is 17.3. The molecule has 0 spiro atoms. The number of nitrogens with one attached hydrogen (secondary N) is 3. The van der Waals surface area contributed by atoms with E-state index in [-0.39, 0.29) is 34.7 Å². The van der Waals surface area contributed by atoms with Crippen molar-refractivity contribution in [2.45, 2.75) is 29.5 Å². The van der Waals surface area contributed by atoms with Crippen molar-refractivity contribution in [3.05, 3.63) is 71.4 Å². The van der Waals surface area contributed by atoms with Crippen LogP contribution in [0.4, 0.5) is 29.5 Å². The number of rotatable bonds is 6. The zero-order chi connectivity index (χ0) is 27.0. The number of primary sulfonamides is 1. The van der Waals surface area contributed by atoms with Crippen LogP contribution in [0.15, 0.2) is 65.7 Å². The van der Waals surface area contributed by atoms with E-state index < -0.39 is 44.9 Å². The SMILES string of the molecule is NS(=O)(=O)c1ccccc1-c1ccc(NC(=O)C2(NC(=O)Nc3ccc(Cl)cn3)CC2)c(C(F)(F)F)c1. The molecule has 1 saturated carbocycles. The summed E-state index contributed by atoms with van der Waals surface area (Å²) in [6.07, 6.45) is -3.17. The molecular weight excluding hydrogens is 535 g/mol. The molecule has 1 aliphatic rings. The summed E-state index contributed by atoms with van der Waals surface area (Å²) in [4.78, 5) is 28.8. The van der Waals surface area contributed by atoms with Gasteiger partial charge in [0.15, 0.2) is 0 Å². The molecule has 0 unspecified atom stereocenters. The van der Waals surface area contributed by atoms with Crippen LogP contribution in [0.1, 0.15) is 18.4 Å². The molecule has 9 nitrogen and oxygen atoms in total. The Balaban J connectivity index is 1.57. The lowest BCUT2D eigenvalue weighted by Gasteiger charge is -2.20. The highest BCUT2D eigenvalue weighted by molar-refractivity contribution is 7.89. The first kappa shape index (κ1) is 26.4. The predicted molar refractivity (Wildman–Crippen MR) is 130 cm³/mol. The van der Waals surface area contributed by atoms with Crippen LogP contribution in [0.2, 0.25) is 5.02 Å². The first-order valence-corrected chi connectivity index (χ1v) is 12.6. The van der Waals surface area contributed by atoms with Crippen molar-refractivity contribution >= 4 is 45.1 Å². The lowest BCUT2D eigenvalue weighted by atomic mass is 10.0. The van der Waals surface area contributed by atoms with E-state index in [9.17, 15) is 31.2 Å². The third-order valence-electron chi connectivity index (χ3n) is 5.58. The zero-order valence-corrected chi connectivity index (χ0v) is 20.3. The van der Waals surface area contributed by atoms with Gasteiger partial charge in [0.25, 0.3) is 0 Å². The second kappa shape index (κ2) is 9.65. The maximum atomic E-state index is 13.9. The van der Waals surface area contributed by atoms with Gasteiger partial charge in [0.2, 0.25) is 15.9 Å². The molecule has 2 aromatic carbocycles. The fourth-order valence-corrected chi connectivity index (χ4v) is 4.47. The number of pyridine rings is 1. The van der Waals surface area contributed by atoms with E-state index in [1.165, 1.54) is 48.7 Å². The quantitative estimate of drug-likeness (QED) is 0.358.